The van der Waals surface area contributed by atoms with E-state index in [1.165, 1.54) is 5.56 Å². The molecule has 1 unspecified atom stereocenters. The van der Waals surface area contributed by atoms with Gasteiger partial charge in [-0.05, 0) is 37.2 Å². The quantitative estimate of drug-likeness (QED) is 0.867. The lowest BCUT2D eigenvalue weighted by Crippen LogP contribution is -2.28. The molecule has 1 fully saturated rings. The topological polar surface area (TPSA) is 40.5 Å². The lowest BCUT2D eigenvalue weighted by molar-refractivity contribution is -0.129. The normalized spacial score (nSPS) is 22.1. The first-order chi connectivity index (χ1) is 9.61. The molecule has 1 aromatic carbocycles. The molecule has 1 aliphatic rings. The summed E-state index contributed by atoms with van der Waals surface area (Å²) < 4.78 is 0. The van der Waals surface area contributed by atoms with E-state index in [0.717, 1.165) is 19.4 Å². The van der Waals surface area contributed by atoms with Crippen molar-refractivity contribution in [2.45, 2.75) is 39.2 Å². The minimum absolute atomic E-state index is 0.154. The fourth-order valence-corrected chi connectivity index (χ4v) is 3.16. The third-order valence-corrected chi connectivity index (χ3v) is 4.35. The Balaban J connectivity index is 1.95. The highest BCUT2D eigenvalue weighted by molar-refractivity contribution is 5.79. The fraction of sp³-hybridized carbons (Fsp3) is 0.588. The number of aliphatic hydroxyl groups is 1. The van der Waals surface area contributed by atoms with Crippen LogP contribution in [0.2, 0.25) is 0 Å². The molecule has 3 atom stereocenters. The first-order valence-electron chi connectivity index (χ1n) is 7.57. The summed E-state index contributed by atoms with van der Waals surface area (Å²) in [5, 5.41) is 8.97. The molecular formula is C17H25NO2. The van der Waals surface area contributed by atoms with Gasteiger partial charge in [0.05, 0.1) is 6.04 Å². The summed E-state index contributed by atoms with van der Waals surface area (Å²) in [5.74, 6) is 1.20. The molecule has 0 saturated carbocycles. The van der Waals surface area contributed by atoms with E-state index in [9.17, 15) is 4.79 Å². The van der Waals surface area contributed by atoms with Crippen molar-refractivity contribution >= 4 is 5.91 Å². The van der Waals surface area contributed by atoms with Crippen LogP contribution in [0.3, 0.4) is 0 Å². The Bertz CT molecular complexity index is 432. The lowest BCUT2D eigenvalue weighted by atomic mass is 9.93. The van der Waals surface area contributed by atoms with Crippen molar-refractivity contribution in [2.75, 3.05) is 13.2 Å². The molecule has 1 N–H and O–H groups in total. The number of rotatable bonds is 6. The van der Waals surface area contributed by atoms with Crippen LogP contribution in [0.1, 0.15) is 44.7 Å². The standard InChI is InChI=1S/C17H25NO2/c1-13(8-9-19)10-15-11-17(20)18(12-15)14(2)16-6-4-3-5-7-16/h3-7,13-15,19H,8-12H2,1-2H3/t13?,14-,15-/m0/s1. The molecule has 1 saturated heterocycles. The highest BCUT2D eigenvalue weighted by Crippen LogP contribution is 2.31. The molecule has 20 heavy (non-hydrogen) atoms. The van der Waals surface area contributed by atoms with Crippen molar-refractivity contribution in [3.63, 3.8) is 0 Å². The maximum Gasteiger partial charge on any atom is 0.223 e. The van der Waals surface area contributed by atoms with E-state index in [-0.39, 0.29) is 18.6 Å². The maximum absolute atomic E-state index is 12.2. The Morgan fingerprint density at radius 1 is 1.30 bits per heavy atom. The second-order valence-corrected chi connectivity index (χ2v) is 6.06. The van der Waals surface area contributed by atoms with Gasteiger partial charge in [0, 0.05) is 19.6 Å². The first-order valence-corrected chi connectivity index (χ1v) is 7.57. The SMILES string of the molecule is CC(CCO)C[C@H]1CC(=O)N([C@@H](C)c2ccccc2)C1. The molecule has 1 aromatic rings. The molecule has 3 nitrogen and oxygen atoms in total. The fourth-order valence-electron chi connectivity index (χ4n) is 3.16. The van der Waals surface area contributed by atoms with E-state index in [1.54, 1.807) is 0 Å². The zero-order valence-corrected chi connectivity index (χ0v) is 12.5. The zero-order chi connectivity index (χ0) is 14.5. The third-order valence-electron chi connectivity index (χ3n) is 4.35. The van der Waals surface area contributed by atoms with Gasteiger partial charge >= 0.3 is 0 Å². The first kappa shape index (κ1) is 15.0. The van der Waals surface area contributed by atoms with E-state index in [0.29, 0.717) is 18.3 Å². The number of hydrogen-bond donors (Lipinski definition) is 1. The summed E-state index contributed by atoms with van der Waals surface area (Å²) in [6, 6.07) is 10.4. The van der Waals surface area contributed by atoms with Crippen LogP contribution in [0.4, 0.5) is 0 Å². The van der Waals surface area contributed by atoms with Crippen LogP contribution in [0.5, 0.6) is 0 Å². The van der Waals surface area contributed by atoms with Crippen LogP contribution in [0.25, 0.3) is 0 Å². The zero-order valence-electron chi connectivity index (χ0n) is 12.5. The van der Waals surface area contributed by atoms with E-state index in [4.69, 9.17) is 5.11 Å². The highest BCUT2D eigenvalue weighted by atomic mass is 16.3. The predicted octanol–water partition coefficient (Wildman–Crippen LogP) is 3.00. The van der Waals surface area contributed by atoms with Crippen molar-refractivity contribution in [1.82, 2.24) is 4.90 Å². The number of likely N-dealkylation sites (tertiary alicyclic amines) is 1. The van der Waals surface area contributed by atoms with E-state index < -0.39 is 0 Å². The van der Waals surface area contributed by atoms with Crippen LogP contribution in [0, 0.1) is 11.8 Å². The van der Waals surface area contributed by atoms with Crippen molar-refractivity contribution in [3.05, 3.63) is 35.9 Å². The molecule has 1 amide bonds. The lowest BCUT2D eigenvalue weighted by Gasteiger charge is -2.25. The second kappa shape index (κ2) is 6.89. The Kier molecular flexibility index (Phi) is 5.18. The molecule has 1 aliphatic heterocycles. The second-order valence-electron chi connectivity index (χ2n) is 6.06. The average molecular weight is 275 g/mol. The molecule has 3 heteroatoms. The number of benzene rings is 1. The van der Waals surface area contributed by atoms with Gasteiger partial charge in [0.2, 0.25) is 5.91 Å². The van der Waals surface area contributed by atoms with Gasteiger partial charge in [-0.15, -0.1) is 0 Å². The van der Waals surface area contributed by atoms with Gasteiger partial charge < -0.3 is 10.0 Å². The number of carbonyl (C=O) groups excluding carboxylic acids is 1. The van der Waals surface area contributed by atoms with E-state index in [2.05, 4.69) is 26.0 Å². The summed E-state index contributed by atoms with van der Waals surface area (Å²) in [7, 11) is 0. The van der Waals surface area contributed by atoms with Gasteiger partial charge in [0.25, 0.3) is 0 Å². The van der Waals surface area contributed by atoms with Crippen molar-refractivity contribution < 1.29 is 9.90 Å². The monoisotopic (exact) mass is 275 g/mol. The summed E-state index contributed by atoms with van der Waals surface area (Å²) in [4.78, 5) is 14.2. The Morgan fingerprint density at radius 3 is 2.65 bits per heavy atom. The minimum atomic E-state index is 0.154. The molecule has 0 bridgehead atoms. The van der Waals surface area contributed by atoms with Gasteiger partial charge in [-0.2, -0.15) is 0 Å². The van der Waals surface area contributed by atoms with Crippen LogP contribution in [0.15, 0.2) is 30.3 Å². The predicted molar refractivity (Wildman–Crippen MR) is 80.2 cm³/mol. The van der Waals surface area contributed by atoms with Gasteiger partial charge in [-0.25, -0.2) is 0 Å². The number of nitrogens with zero attached hydrogens (tertiary/aromatic N) is 1. The molecule has 0 radical (unpaired) electrons. The van der Waals surface area contributed by atoms with Crippen LogP contribution >= 0.6 is 0 Å². The largest absolute Gasteiger partial charge is 0.396 e. The van der Waals surface area contributed by atoms with Crippen molar-refractivity contribution in [3.8, 4) is 0 Å². The number of amides is 1. The van der Waals surface area contributed by atoms with Gasteiger partial charge in [-0.1, -0.05) is 37.3 Å². The Labute approximate surface area is 121 Å². The third kappa shape index (κ3) is 3.60. The van der Waals surface area contributed by atoms with Gasteiger partial charge in [0.15, 0.2) is 0 Å². The van der Waals surface area contributed by atoms with Gasteiger partial charge in [0.1, 0.15) is 0 Å². The molecule has 110 valence electrons. The molecular weight excluding hydrogens is 250 g/mol. The van der Waals surface area contributed by atoms with Crippen molar-refractivity contribution in [2.24, 2.45) is 11.8 Å². The Morgan fingerprint density at radius 2 is 2.00 bits per heavy atom. The van der Waals surface area contributed by atoms with Crippen molar-refractivity contribution in [1.29, 1.82) is 0 Å². The average Bonchev–Trinajstić information content (AvgIpc) is 2.80. The molecule has 2 rings (SSSR count). The summed E-state index contributed by atoms with van der Waals surface area (Å²) in [6.07, 6.45) is 2.52. The Hall–Kier alpha value is -1.35. The minimum Gasteiger partial charge on any atom is -0.396 e. The van der Waals surface area contributed by atoms with Gasteiger partial charge in [-0.3, -0.25) is 4.79 Å². The number of aliphatic hydroxyl groups excluding tert-OH is 1. The maximum atomic E-state index is 12.2. The highest BCUT2D eigenvalue weighted by Gasteiger charge is 2.33. The molecule has 0 aromatic heterocycles. The smallest absolute Gasteiger partial charge is 0.223 e. The number of carbonyl (C=O) groups is 1. The van der Waals surface area contributed by atoms with E-state index >= 15 is 0 Å². The van der Waals surface area contributed by atoms with Crippen LogP contribution in [-0.4, -0.2) is 29.1 Å². The van der Waals surface area contributed by atoms with E-state index in [1.807, 2.05) is 23.1 Å². The molecule has 1 heterocycles. The number of hydrogen-bond acceptors (Lipinski definition) is 2. The summed E-state index contributed by atoms with van der Waals surface area (Å²) in [5.41, 5.74) is 1.20. The summed E-state index contributed by atoms with van der Waals surface area (Å²) >= 11 is 0. The van der Waals surface area contributed by atoms with Crippen LogP contribution in [-0.2, 0) is 4.79 Å². The summed E-state index contributed by atoms with van der Waals surface area (Å²) in [6.45, 7) is 5.35. The molecule has 0 spiro atoms. The van der Waals surface area contributed by atoms with Crippen LogP contribution < -0.4 is 0 Å². The molecule has 0 aliphatic carbocycles.